The number of nitrogens with zero attached hydrogens (tertiary/aromatic N) is 2. The zero-order valence-electron chi connectivity index (χ0n) is 15.0. The Labute approximate surface area is 154 Å². The first-order chi connectivity index (χ1) is 11.7. The van der Waals surface area contributed by atoms with Gasteiger partial charge < -0.3 is 14.5 Å². The lowest BCUT2D eigenvalue weighted by atomic mass is 10.2. The standard InChI is InChI=1S/C19H25ClN2O3/c1-19(2,3)25-18(24)22-12-4-11-21(13-14-22)17(23)10-7-15-5-8-16(20)9-6-15/h5-10H,4,11-14H2,1-3H3/b10-7+. The smallest absolute Gasteiger partial charge is 0.410 e. The molecule has 1 aromatic carbocycles. The molecule has 136 valence electrons. The van der Waals surface area contributed by atoms with Crippen molar-refractivity contribution >= 4 is 29.7 Å². The fourth-order valence-electron chi connectivity index (χ4n) is 2.49. The van der Waals surface area contributed by atoms with Crippen molar-refractivity contribution in [2.45, 2.75) is 32.8 Å². The number of hydrogen-bond acceptors (Lipinski definition) is 3. The van der Waals surface area contributed by atoms with Gasteiger partial charge in [0.2, 0.25) is 5.91 Å². The summed E-state index contributed by atoms with van der Waals surface area (Å²) in [5, 5.41) is 0.665. The number of hydrogen-bond donors (Lipinski definition) is 0. The van der Waals surface area contributed by atoms with Gasteiger partial charge in [0.15, 0.2) is 0 Å². The maximum absolute atomic E-state index is 12.4. The van der Waals surface area contributed by atoms with Crippen LogP contribution in [0.3, 0.4) is 0 Å². The van der Waals surface area contributed by atoms with Crippen LogP contribution in [0.5, 0.6) is 0 Å². The van der Waals surface area contributed by atoms with E-state index < -0.39 is 5.60 Å². The summed E-state index contributed by atoms with van der Waals surface area (Å²) >= 11 is 5.85. The first-order valence-corrected chi connectivity index (χ1v) is 8.83. The summed E-state index contributed by atoms with van der Waals surface area (Å²) in [6, 6.07) is 7.30. The van der Waals surface area contributed by atoms with Gasteiger partial charge in [-0.05, 0) is 51.0 Å². The fourth-order valence-corrected chi connectivity index (χ4v) is 2.62. The maximum Gasteiger partial charge on any atom is 0.410 e. The Morgan fingerprint density at radius 1 is 1.04 bits per heavy atom. The van der Waals surface area contributed by atoms with Crippen LogP contribution in [0.4, 0.5) is 4.79 Å². The third-order valence-electron chi connectivity index (χ3n) is 3.75. The minimum absolute atomic E-state index is 0.0546. The van der Waals surface area contributed by atoms with Gasteiger partial charge >= 0.3 is 6.09 Å². The summed E-state index contributed by atoms with van der Waals surface area (Å²) in [5.74, 6) is -0.0546. The Morgan fingerprint density at radius 3 is 2.28 bits per heavy atom. The third-order valence-corrected chi connectivity index (χ3v) is 4.00. The molecule has 5 nitrogen and oxygen atoms in total. The average Bonchev–Trinajstić information content (AvgIpc) is 2.78. The molecule has 1 aliphatic heterocycles. The van der Waals surface area contributed by atoms with Crippen LogP contribution in [0.1, 0.15) is 32.8 Å². The topological polar surface area (TPSA) is 49.9 Å². The second kappa shape index (κ2) is 8.39. The van der Waals surface area contributed by atoms with Crippen molar-refractivity contribution in [3.05, 3.63) is 40.9 Å². The Balaban J connectivity index is 1.90. The molecule has 1 aliphatic rings. The highest BCUT2D eigenvalue weighted by atomic mass is 35.5. The highest BCUT2D eigenvalue weighted by Crippen LogP contribution is 2.13. The zero-order chi connectivity index (χ0) is 18.4. The van der Waals surface area contributed by atoms with Crippen LogP contribution in [0.25, 0.3) is 6.08 Å². The van der Waals surface area contributed by atoms with E-state index in [2.05, 4.69) is 0 Å². The minimum atomic E-state index is -0.514. The molecule has 0 spiro atoms. The zero-order valence-corrected chi connectivity index (χ0v) is 15.8. The Bertz CT molecular complexity index is 635. The second-order valence-corrected chi connectivity index (χ2v) is 7.47. The van der Waals surface area contributed by atoms with Gasteiger partial charge in [-0.3, -0.25) is 4.79 Å². The number of amides is 2. The van der Waals surface area contributed by atoms with Crippen LogP contribution in [0.2, 0.25) is 5.02 Å². The minimum Gasteiger partial charge on any atom is -0.444 e. The Kier molecular flexibility index (Phi) is 6.48. The monoisotopic (exact) mass is 364 g/mol. The van der Waals surface area contributed by atoms with Crippen LogP contribution >= 0.6 is 11.6 Å². The molecule has 0 unspecified atom stereocenters. The van der Waals surface area contributed by atoms with Gasteiger partial charge in [0.1, 0.15) is 5.60 Å². The molecule has 2 rings (SSSR count). The SMILES string of the molecule is CC(C)(C)OC(=O)N1CCCN(C(=O)/C=C/c2ccc(Cl)cc2)CC1. The van der Waals surface area contributed by atoms with Crippen molar-refractivity contribution in [3.8, 4) is 0 Å². The number of benzene rings is 1. The highest BCUT2D eigenvalue weighted by Gasteiger charge is 2.25. The van der Waals surface area contributed by atoms with Crippen LogP contribution in [-0.2, 0) is 9.53 Å². The third kappa shape index (κ3) is 6.42. The number of rotatable bonds is 2. The summed E-state index contributed by atoms with van der Waals surface area (Å²) in [5.41, 5.74) is 0.406. The first kappa shape index (κ1) is 19.3. The maximum atomic E-state index is 12.4. The van der Waals surface area contributed by atoms with Crippen molar-refractivity contribution in [1.29, 1.82) is 0 Å². The molecule has 0 aliphatic carbocycles. The van der Waals surface area contributed by atoms with Gasteiger partial charge in [-0.1, -0.05) is 23.7 Å². The van der Waals surface area contributed by atoms with Crippen LogP contribution in [0.15, 0.2) is 30.3 Å². The Morgan fingerprint density at radius 2 is 1.64 bits per heavy atom. The number of carbonyl (C=O) groups excluding carboxylic acids is 2. The molecule has 0 N–H and O–H groups in total. The lowest BCUT2D eigenvalue weighted by molar-refractivity contribution is -0.125. The molecule has 6 heteroatoms. The van der Waals surface area contributed by atoms with E-state index in [1.54, 1.807) is 34.1 Å². The molecule has 1 heterocycles. The van der Waals surface area contributed by atoms with E-state index in [1.165, 1.54) is 0 Å². The molecule has 0 atom stereocenters. The molecular formula is C19H25ClN2O3. The van der Waals surface area contributed by atoms with Gasteiger partial charge in [0.25, 0.3) is 0 Å². The average molecular weight is 365 g/mol. The molecule has 1 saturated heterocycles. The molecular weight excluding hydrogens is 340 g/mol. The molecule has 25 heavy (non-hydrogen) atoms. The van der Waals surface area contributed by atoms with Crippen LogP contribution in [0, 0.1) is 0 Å². The van der Waals surface area contributed by atoms with Gasteiger partial charge in [0.05, 0.1) is 0 Å². The van der Waals surface area contributed by atoms with Crippen molar-refractivity contribution < 1.29 is 14.3 Å². The summed E-state index contributed by atoms with van der Waals surface area (Å²) in [4.78, 5) is 28.0. The molecule has 0 saturated carbocycles. The molecule has 1 fully saturated rings. The number of ether oxygens (including phenoxy) is 1. The van der Waals surface area contributed by atoms with Gasteiger partial charge in [-0.25, -0.2) is 4.79 Å². The van der Waals surface area contributed by atoms with Crippen LogP contribution in [-0.4, -0.2) is 53.6 Å². The van der Waals surface area contributed by atoms with E-state index in [0.29, 0.717) is 31.2 Å². The van der Waals surface area contributed by atoms with Crippen molar-refractivity contribution in [2.75, 3.05) is 26.2 Å². The normalized spacial score (nSPS) is 16.0. The number of halogens is 1. The highest BCUT2D eigenvalue weighted by molar-refractivity contribution is 6.30. The summed E-state index contributed by atoms with van der Waals surface area (Å²) in [6.07, 6.45) is 3.75. The molecule has 0 radical (unpaired) electrons. The summed E-state index contributed by atoms with van der Waals surface area (Å²) < 4.78 is 5.40. The molecule has 1 aromatic rings. The first-order valence-electron chi connectivity index (χ1n) is 8.45. The summed E-state index contributed by atoms with van der Waals surface area (Å²) in [6.45, 7) is 7.75. The molecule has 0 aromatic heterocycles. The van der Waals surface area contributed by atoms with Crippen molar-refractivity contribution in [1.82, 2.24) is 9.80 Å². The number of carbonyl (C=O) groups is 2. The summed E-state index contributed by atoms with van der Waals surface area (Å²) in [7, 11) is 0. The molecule has 0 bridgehead atoms. The van der Waals surface area contributed by atoms with E-state index in [9.17, 15) is 9.59 Å². The second-order valence-electron chi connectivity index (χ2n) is 7.03. The van der Waals surface area contributed by atoms with E-state index in [-0.39, 0.29) is 12.0 Å². The van der Waals surface area contributed by atoms with E-state index in [1.807, 2.05) is 32.9 Å². The largest absolute Gasteiger partial charge is 0.444 e. The van der Waals surface area contributed by atoms with Crippen molar-refractivity contribution in [2.24, 2.45) is 0 Å². The molecule has 2 amide bonds. The van der Waals surface area contributed by atoms with E-state index in [0.717, 1.165) is 12.0 Å². The lowest BCUT2D eigenvalue weighted by Gasteiger charge is -2.26. The lowest BCUT2D eigenvalue weighted by Crippen LogP contribution is -2.39. The van der Waals surface area contributed by atoms with Crippen LogP contribution < -0.4 is 0 Å². The van der Waals surface area contributed by atoms with Gasteiger partial charge in [0, 0.05) is 37.3 Å². The quantitative estimate of drug-likeness (QED) is 0.749. The van der Waals surface area contributed by atoms with E-state index >= 15 is 0 Å². The van der Waals surface area contributed by atoms with Gasteiger partial charge in [-0.2, -0.15) is 0 Å². The van der Waals surface area contributed by atoms with Gasteiger partial charge in [-0.15, -0.1) is 0 Å². The Hall–Kier alpha value is -2.01. The van der Waals surface area contributed by atoms with E-state index in [4.69, 9.17) is 16.3 Å². The predicted molar refractivity (Wildman–Crippen MR) is 99.5 cm³/mol. The van der Waals surface area contributed by atoms with Crippen molar-refractivity contribution in [3.63, 3.8) is 0 Å². The predicted octanol–water partition coefficient (Wildman–Crippen LogP) is 3.82. The fraction of sp³-hybridized carbons (Fsp3) is 0.474.